The third-order valence-corrected chi connectivity index (χ3v) is 2.81. The predicted molar refractivity (Wildman–Crippen MR) is 67.8 cm³/mol. The van der Waals surface area contributed by atoms with Gasteiger partial charge in [-0.3, -0.25) is 0 Å². The van der Waals surface area contributed by atoms with E-state index in [0.29, 0.717) is 22.2 Å². The van der Waals surface area contributed by atoms with E-state index in [4.69, 9.17) is 17.3 Å². The number of nitrogens with two attached hydrogens (primary N) is 1. The fourth-order valence-corrected chi connectivity index (χ4v) is 1.89. The summed E-state index contributed by atoms with van der Waals surface area (Å²) in [6, 6.07) is 11.1. The molecular weight excluding hydrogens is 236 g/mol. The van der Waals surface area contributed by atoms with Gasteiger partial charge < -0.3 is 5.73 Å². The molecule has 3 rings (SSSR count). The van der Waals surface area contributed by atoms with Crippen LogP contribution in [0.2, 0.25) is 5.02 Å². The molecule has 0 saturated carbocycles. The summed E-state index contributed by atoms with van der Waals surface area (Å²) >= 11 is 6.04. The number of nitrogen functional groups attached to an aromatic ring is 1. The first-order valence-corrected chi connectivity index (χ1v) is 5.49. The lowest BCUT2D eigenvalue weighted by molar-refractivity contribution is 0.966. The number of para-hydroxylation sites is 1. The highest BCUT2D eigenvalue weighted by Gasteiger charge is 2.10. The fraction of sp³-hybridized carbons (Fsp3) is 0. The molecule has 0 unspecified atom stereocenters. The Morgan fingerprint density at radius 1 is 1.12 bits per heavy atom. The van der Waals surface area contributed by atoms with Gasteiger partial charge >= 0.3 is 0 Å². The number of rotatable bonds is 1. The Kier molecular flexibility index (Phi) is 2.23. The van der Waals surface area contributed by atoms with Crippen LogP contribution in [-0.2, 0) is 0 Å². The Morgan fingerprint density at radius 3 is 2.71 bits per heavy atom. The molecular formula is C12H9ClN4. The van der Waals surface area contributed by atoms with E-state index in [0.717, 1.165) is 5.56 Å². The SMILES string of the molecule is Nc1ccccc1-c1nc2c(Cl)cccn2n1. The van der Waals surface area contributed by atoms with Crippen molar-refractivity contribution < 1.29 is 0 Å². The third kappa shape index (κ3) is 1.62. The molecule has 0 spiro atoms. The number of hydrogen-bond acceptors (Lipinski definition) is 3. The maximum absolute atomic E-state index is 6.04. The molecule has 0 atom stereocenters. The molecule has 2 N–H and O–H groups in total. The molecule has 84 valence electrons. The van der Waals surface area contributed by atoms with Crippen LogP contribution in [0.5, 0.6) is 0 Å². The van der Waals surface area contributed by atoms with Crippen LogP contribution in [0.4, 0.5) is 5.69 Å². The maximum Gasteiger partial charge on any atom is 0.184 e. The van der Waals surface area contributed by atoms with Crippen molar-refractivity contribution in [3.63, 3.8) is 0 Å². The first-order chi connectivity index (χ1) is 8.25. The van der Waals surface area contributed by atoms with Crippen molar-refractivity contribution in [2.24, 2.45) is 0 Å². The van der Waals surface area contributed by atoms with Crippen LogP contribution in [0.15, 0.2) is 42.6 Å². The van der Waals surface area contributed by atoms with E-state index in [9.17, 15) is 0 Å². The van der Waals surface area contributed by atoms with Gasteiger partial charge in [0.05, 0.1) is 5.02 Å². The molecule has 5 heteroatoms. The largest absolute Gasteiger partial charge is 0.398 e. The quantitative estimate of drug-likeness (QED) is 0.670. The number of fused-ring (bicyclic) bond motifs is 1. The maximum atomic E-state index is 6.04. The zero-order chi connectivity index (χ0) is 11.8. The second kappa shape index (κ2) is 3.75. The summed E-state index contributed by atoms with van der Waals surface area (Å²) in [5, 5.41) is 4.92. The standard InChI is InChI=1S/C12H9ClN4/c13-9-5-3-7-17-12(9)15-11(16-17)8-4-1-2-6-10(8)14/h1-7H,14H2. The van der Waals surface area contributed by atoms with Crippen LogP contribution in [0.1, 0.15) is 0 Å². The third-order valence-electron chi connectivity index (χ3n) is 2.52. The van der Waals surface area contributed by atoms with Crippen LogP contribution >= 0.6 is 11.6 Å². The molecule has 0 radical (unpaired) electrons. The molecule has 0 saturated heterocycles. The number of pyridine rings is 1. The van der Waals surface area contributed by atoms with E-state index in [1.807, 2.05) is 30.3 Å². The van der Waals surface area contributed by atoms with Gasteiger partial charge in [0.2, 0.25) is 0 Å². The Morgan fingerprint density at radius 2 is 1.94 bits per heavy atom. The van der Waals surface area contributed by atoms with E-state index >= 15 is 0 Å². The highest BCUT2D eigenvalue weighted by atomic mass is 35.5. The van der Waals surface area contributed by atoms with Gasteiger partial charge in [-0.15, -0.1) is 5.10 Å². The van der Waals surface area contributed by atoms with Crippen molar-refractivity contribution in [1.29, 1.82) is 0 Å². The summed E-state index contributed by atoms with van der Waals surface area (Å²) in [5.41, 5.74) is 7.99. The minimum Gasteiger partial charge on any atom is -0.398 e. The molecule has 17 heavy (non-hydrogen) atoms. The molecule has 2 aromatic heterocycles. The normalized spacial score (nSPS) is 10.9. The summed E-state index contributed by atoms with van der Waals surface area (Å²) in [5.74, 6) is 0.580. The second-order valence-corrected chi connectivity index (χ2v) is 4.05. The summed E-state index contributed by atoms with van der Waals surface area (Å²) in [6.07, 6.45) is 1.80. The number of anilines is 1. The molecule has 0 bridgehead atoms. The summed E-state index contributed by atoms with van der Waals surface area (Å²) in [7, 11) is 0. The van der Waals surface area contributed by atoms with Crippen molar-refractivity contribution in [1.82, 2.24) is 14.6 Å². The van der Waals surface area contributed by atoms with Crippen LogP contribution in [-0.4, -0.2) is 14.6 Å². The van der Waals surface area contributed by atoms with Crippen LogP contribution in [0.25, 0.3) is 17.0 Å². The van der Waals surface area contributed by atoms with Crippen LogP contribution in [0.3, 0.4) is 0 Å². The summed E-state index contributed by atoms with van der Waals surface area (Å²) in [6.45, 7) is 0. The van der Waals surface area contributed by atoms with Gasteiger partial charge in [0, 0.05) is 17.4 Å². The Balaban J connectivity index is 2.26. The van der Waals surface area contributed by atoms with Crippen LogP contribution < -0.4 is 5.73 Å². The molecule has 2 heterocycles. The van der Waals surface area contributed by atoms with Gasteiger partial charge in [0.25, 0.3) is 0 Å². The topological polar surface area (TPSA) is 56.2 Å². The Hall–Kier alpha value is -2.07. The van der Waals surface area contributed by atoms with Crippen LogP contribution in [0, 0.1) is 0 Å². The number of aromatic nitrogens is 3. The van der Waals surface area contributed by atoms with E-state index in [2.05, 4.69) is 10.1 Å². The van der Waals surface area contributed by atoms with Gasteiger partial charge in [-0.05, 0) is 24.3 Å². The summed E-state index contributed by atoms with van der Waals surface area (Å²) < 4.78 is 1.64. The van der Waals surface area contributed by atoms with Crippen molar-refractivity contribution in [3.8, 4) is 11.4 Å². The zero-order valence-electron chi connectivity index (χ0n) is 8.84. The number of nitrogens with zero attached hydrogens (tertiary/aromatic N) is 3. The molecule has 0 amide bonds. The lowest BCUT2D eigenvalue weighted by Gasteiger charge is -1.98. The Bertz CT molecular complexity index is 690. The van der Waals surface area contributed by atoms with Gasteiger partial charge in [0.15, 0.2) is 11.5 Å². The first-order valence-electron chi connectivity index (χ1n) is 5.11. The zero-order valence-corrected chi connectivity index (χ0v) is 9.59. The predicted octanol–water partition coefficient (Wildman–Crippen LogP) is 2.63. The average molecular weight is 245 g/mol. The monoisotopic (exact) mass is 244 g/mol. The molecule has 0 aliphatic rings. The minimum absolute atomic E-state index is 0.570. The molecule has 3 aromatic rings. The lowest BCUT2D eigenvalue weighted by Crippen LogP contribution is -1.91. The lowest BCUT2D eigenvalue weighted by atomic mass is 10.2. The van der Waals surface area contributed by atoms with Gasteiger partial charge in [-0.25, -0.2) is 9.50 Å². The minimum atomic E-state index is 0.570. The number of hydrogen-bond donors (Lipinski definition) is 1. The van der Waals surface area contributed by atoms with E-state index < -0.39 is 0 Å². The molecule has 4 nitrogen and oxygen atoms in total. The average Bonchev–Trinajstić information content (AvgIpc) is 2.75. The van der Waals surface area contributed by atoms with Crippen molar-refractivity contribution in [3.05, 3.63) is 47.6 Å². The first kappa shape index (κ1) is 10.1. The molecule has 0 fully saturated rings. The highest BCUT2D eigenvalue weighted by molar-refractivity contribution is 6.33. The van der Waals surface area contributed by atoms with Gasteiger partial charge in [-0.2, -0.15) is 0 Å². The number of benzene rings is 1. The number of halogens is 1. The van der Waals surface area contributed by atoms with E-state index in [-0.39, 0.29) is 0 Å². The van der Waals surface area contributed by atoms with E-state index in [1.54, 1.807) is 16.8 Å². The fourth-order valence-electron chi connectivity index (χ4n) is 1.69. The smallest absolute Gasteiger partial charge is 0.184 e. The molecule has 0 aliphatic heterocycles. The van der Waals surface area contributed by atoms with Crippen molar-refractivity contribution in [2.45, 2.75) is 0 Å². The summed E-state index contributed by atoms with van der Waals surface area (Å²) in [4.78, 5) is 4.38. The highest BCUT2D eigenvalue weighted by Crippen LogP contribution is 2.24. The molecule has 0 aliphatic carbocycles. The second-order valence-electron chi connectivity index (χ2n) is 3.65. The van der Waals surface area contributed by atoms with Crippen molar-refractivity contribution in [2.75, 3.05) is 5.73 Å². The van der Waals surface area contributed by atoms with E-state index in [1.165, 1.54) is 0 Å². The van der Waals surface area contributed by atoms with Crippen molar-refractivity contribution >= 4 is 22.9 Å². The van der Waals surface area contributed by atoms with Gasteiger partial charge in [-0.1, -0.05) is 23.7 Å². The van der Waals surface area contributed by atoms with Gasteiger partial charge in [0.1, 0.15) is 0 Å². The Labute approximate surface area is 103 Å². The molecule has 1 aromatic carbocycles.